The maximum Gasteiger partial charge on any atom is 0.257 e. The molecule has 8 heteroatoms. The summed E-state index contributed by atoms with van der Waals surface area (Å²) in [5.74, 6) is 1.42. The highest BCUT2D eigenvalue weighted by Crippen LogP contribution is 2.38. The molecular weight excluding hydrogens is 438 g/mol. The quantitative estimate of drug-likeness (QED) is 0.292. The summed E-state index contributed by atoms with van der Waals surface area (Å²) in [5, 5.41) is 3.23. The Morgan fingerprint density at radius 2 is 1.97 bits per heavy atom. The number of carbonyl (C=O) groups excluding carboxylic acids is 1. The van der Waals surface area contributed by atoms with Gasteiger partial charge in [-0.25, -0.2) is 4.98 Å². The maximum absolute atomic E-state index is 13.1. The molecule has 3 aromatic rings. The molecule has 1 atom stereocenters. The van der Waals surface area contributed by atoms with Crippen molar-refractivity contribution in [2.24, 2.45) is 0 Å². The molecule has 2 aromatic carbocycles. The third-order valence-corrected chi connectivity index (χ3v) is 6.32. The topological polar surface area (TPSA) is 93.3 Å². The van der Waals surface area contributed by atoms with Crippen molar-refractivity contribution in [2.45, 2.75) is 30.2 Å². The first-order chi connectivity index (χ1) is 16.0. The van der Waals surface area contributed by atoms with Crippen molar-refractivity contribution in [1.29, 1.82) is 0 Å². The maximum atomic E-state index is 13.1. The van der Waals surface area contributed by atoms with Crippen LogP contribution < -0.4 is 20.3 Å². The monoisotopic (exact) mass is 463 g/mol. The van der Waals surface area contributed by atoms with E-state index in [0.717, 1.165) is 11.1 Å². The van der Waals surface area contributed by atoms with Crippen LogP contribution in [-0.4, -0.2) is 29.6 Å². The normalized spacial score (nSPS) is 14.8. The number of ether oxygens (including phenoxy) is 2. The zero-order valence-electron chi connectivity index (χ0n) is 18.5. The first-order valence-corrected chi connectivity index (χ1v) is 11.5. The summed E-state index contributed by atoms with van der Waals surface area (Å²) in [5.41, 5.74) is 3.27. The lowest BCUT2D eigenvalue weighted by atomic mass is 9.86. The smallest absolute Gasteiger partial charge is 0.257 e. The Morgan fingerprint density at radius 3 is 2.70 bits per heavy atom. The van der Waals surface area contributed by atoms with Crippen LogP contribution in [0.3, 0.4) is 0 Å². The molecule has 0 saturated heterocycles. The SMILES string of the molecule is C=CCOc1ccc(C2CC(=O)Nc3nc(SCc4ccc(C)cc4)[nH]c(=O)c32)cc1OC. The lowest BCUT2D eigenvalue weighted by molar-refractivity contribution is -0.116. The van der Waals surface area contributed by atoms with E-state index in [0.29, 0.717) is 40.4 Å². The Kier molecular flexibility index (Phi) is 6.84. The van der Waals surface area contributed by atoms with Crippen LogP contribution in [0.15, 0.2) is 65.1 Å². The van der Waals surface area contributed by atoms with Crippen molar-refractivity contribution in [3.8, 4) is 11.5 Å². The number of rotatable bonds is 8. The van der Waals surface area contributed by atoms with Crippen LogP contribution in [-0.2, 0) is 10.5 Å². The number of nitrogens with zero attached hydrogens (tertiary/aromatic N) is 1. The number of aryl methyl sites for hydroxylation is 1. The molecule has 33 heavy (non-hydrogen) atoms. The van der Waals surface area contributed by atoms with Gasteiger partial charge in [0.1, 0.15) is 12.4 Å². The highest BCUT2D eigenvalue weighted by molar-refractivity contribution is 7.98. The Balaban J connectivity index is 1.63. The molecule has 1 aliphatic rings. The molecule has 0 spiro atoms. The Hall–Kier alpha value is -3.52. The van der Waals surface area contributed by atoms with E-state index in [-0.39, 0.29) is 17.9 Å². The molecule has 0 aliphatic carbocycles. The minimum atomic E-state index is -0.441. The van der Waals surface area contributed by atoms with E-state index in [1.54, 1.807) is 25.3 Å². The van der Waals surface area contributed by atoms with Gasteiger partial charge in [0.2, 0.25) is 5.91 Å². The van der Waals surface area contributed by atoms with E-state index in [2.05, 4.69) is 21.9 Å². The first-order valence-electron chi connectivity index (χ1n) is 10.5. The Morgan fingerprint density at radius 1 is 1.18 bits per heavy atom. The fourth-order valence-electron chi connectivity index (χ4n) is 3.71. The second kappa shape index (κ2) is 9.95. The predicted molar refractivity (Wildman–Crippen MR) is 129 cm³/mol. The number of fused-ring (bicyclic) bond motifs is 1. The van der Waals surface area contributed by atoms with Crippen LogP contribution in [0.25, 0.3) is 0 Å². The zero-order chi connectivity index (χ0) is 23.4. The zero-order valence-corrected chi connectivity index (χ0v) is 19.3. The number of hydrogen-bond donors (Lipinski definition) is 2. The molecule has 170 valence electrons. The van der Waals surface area contributed by atoms with Gasteiger partial charge in [-0.05, 0) is 30.2 Å². The number of aromatic amines is 1. The van der Waals surface area contributed by atoms with E-state index in [1.807, 2.05) is 37.3 Å². The van der Waals surface area contributed by atoms with Gasteiger partial charge in [-0.15, -0.1) is 0 Å². The summed E-state index contributed by atoms with van der Waals surface area (Å²) in [6.45, 7) is 6.03. The highest BCUT2D eigenvalue weighted by atomic mass is 32.2. The number of nitrogens with one attached hydrogen (secondary N) is 2. The molecule has 0 fully saturated rings. The summed E-state index contributed by atoms with van der Waals surface area (Å²) < 4.78 is 11.1. The number of aromatic nitrogens is 2. The van der Waals surface area contributed by atoms with Gasteiger partial charge in [0.25, 0.3) is 5.56 Å². The number of H-pyrrole nitrogens is 1. The largest absolute Gasteiger partial charge is 0.493 e. The van der Waals surface area contributed by atoms with Crippen molar-refractivity contribution >= 4 is 23.5 Å². The number of hydrogen-bond acceptors (Lipinski definition) is 6. The van der Waals surface area contributed by atoms with Gasteiger partial charge in [-0.2, -0.15) is 0 Å². The minimum absolute atomic E-state index is 0.142. The molecule has 1 aliphatic heterocycles. The van der Waals surface area contributed by atoms with Crippen LogP contribution in [0.2, 0.25) is 0 Å². The van der Waals surface area contributed by atoms with Gasteiger partial charge in [-0.3, -0.25) is 9.59 Å². The number of carbonyl (C=O) groups is 1. The molecule has 1 unspecified atom stereocenters. The van der Waals surface area contributed by atoms with Crippen molar-refractivity contribution in [3.63, 3.8) is 0 Å². The number of thioether (sulfide) groups is 1. The number of benzene rings is 2. The number of anilines is 1. The van der Waals surface area contributed by atoms with Crippen LogP contribution in [0, 0.1) is 6.92 Å². The second-order valence-electron chi connectivity index (χ2n) is 7.72. The minimum Gasteiger partial charge on any atom is -0.493 e. The van der Waals surface area contributed by atoms with E-state index in [1.165, 1.54) is 17.3 Å². The van der Waals surface area contributed by atoms with E-state index >= 15 is 0 Å². The van der Waals surface area contributed by atoms with E-state index in [4.69, 9.17) is 9.47 Å². The fourth-order valence-corrected chi connectivity index (χ4v) is 4.53. The Bertz CT molecular complexity index is 1240. The summed E-state index contributed by atoms with van der Waals surface area (Å²) in [4.78, 5) is 33.0. The molecule has 7 nitrogen and oxygen atoms in total. The molecule has 2 N–H and O–H groups in total. The number of methoxy groups -OCH3 is 1. The Labute approximate surface area is 196 Å². The first kappa shape index (κ1) is 22.7. The van der Waals surface area contributed by atoms with Crippen LogP contribution in [0.1, 0.15) is 34.6 Å². The van der Waals surface area contributed by atoms with Crippen molar-refractivity contribution in [2.75, 3.05) is 19.0 Å². The lowest BCUT2D eigenvalue weighted by Gasteiger charge is -2.25. The van der Waals surface area contributed by atoms with Gasteiger partial charge < -0.3 is 19.8 Å². The fraction of sp³-hybridized carbons (Fsp3) is 0.240. The molecule has 2 heterocycles. The molecule has 0 saturated carbocycles. The lowest BCUT2D eigenvalue weighted by Crippen LogP contribution is -2.31. The van der Waals surface area contributed by atoms with Crippen LogP contribution in [0.5, 0.6) is 11.5 Å². The highest BCUT2D eigenvalue weighted by Gasteiger charge is 2.31. The standard InChI is InChI=1S/C25H25N3O4S/c1-4-11-32-19-10-9-17(12-20(19)31-3)18-13-21(29)26-23-22(18)24(30)28-25(27-23)33-14-16-7-5-15(2)6-8-16/h4-10,12,18H,1,11,13-14H2,2-3H3,(H2,26,27,28,29,30). The van der Waals surface area contributed by atoms with E-state index < -0.39 is 5.92 Å². The van der Waals surface area contributed by atoms with Crippen molar-refractivity contribution in [3.05, 3.63) is 87.7 Å². The third-order valence-electron chi connectivity index (χ3n) is 5.37. The average molecular weight is 464 g/mol. The summed E-state index contributed by atoms with van der Waals surface area (Å²) >= 11 is 1.42. The van der Waals surface area contributed by atoms with Crippen molar-refractivity contribution in [1.82, 2.24) is 9.97 Å². The second-order valence-corrected chi connectivity index (χ2v) is 8.69. The van der Waals surface area contributed by atoms with Gasteiger partial charge in [0.15, 0.2) is 16.7 Å². The molecule has 1 amide bonds. The molecule has 4 rings (SSSR count). The summed E-state index contributed by atoms with van der Waals surface area (Å²) in [6, 6.07) is 13.6. The van der Waals surface area contributed by atoms with Gasteiger partial charge in [0.05, 0.1) is 12.7 Å². The summed E-state index contributed by atoms with van der Waals surface area (Å²) in [6.07, 6.45) is 1.79. The van der Waals surface area contributed by atoms with E-state index in [9.17, 15) is 9.59 Å². The molecule has 0 radical (unpaired) electrons. The third kappa shape index (κ3) is 5.12. The molecular formula is C25H25N3O4S. The summed E-state index contributed by atoms with van der Waals surface area (Å²) in [7, 11) is 1.55. The average Bonchev–Trinajstić information content (AvgIpc) is 2.81. The van der Waals surface area contributed by atoms with Gasteiger partial charge in [0, 0.05) is 18.1 Å². The van der Waals surface area contributed by atoms with Gasteiger partial charge in [-0.1, -0.05) is 60.3 Å². The molecule has 0 bridgehead atoms. The molecule has 1 aromatic heterocycles. The van der Waals surface area contributed by atoms with Crippen LogP contribution >= 0.6 is 11.8 Å². The van der Waals surface area contributed by atoms with Gasteiger partial charge >= 0.3 is 0 Å². The van der Waals surface area contributed by atoms with Crippen molar-refractivity contribution < 1.29 is 14.3 Å². The predicted octanol–water partition coefficient (Wildman–Crippen LogP) is 4.42. The number of amides is 1. The van der Waals surface area contributed by atoms with Crippen LogP contribution in [0.4, 0.5) is 5.82 Å².